The fraction of sp³-hybridized carbons (Fsp3) is 0.812. The number of rotatable bonds is 6. The molecule has 0 radical (unpaired) electrons. The van der Waals surface area contributed by atoms with Crippen LogP contribution >= 0.6 is 0 Å². The van der Waals surface area contributed by atoms with Crippen LogP contribution in [0.3, 0.4) is 0 Å². The minimum atomic E-state index is -1.03. The molecule has 1 heterocycles. The number of carbonyl (C=O) groups is 1. The summed E-state index contributed by atoms with van der Waals surface area (Å²) < 4.78 is 5.74. The number of hydrogen-bond donors (Lipinski definition) is 3. The Hall–Kier alpha value is -0.910. The summed E-state index contributed by atoms with van der Waals surface area (Å²) in [5, 5.41) is 29.9. The number of carbonyl (C=O) groups excluding carboxylic acids is 1. The van der Waals surface area contributed by atoms with E-state index in [0.29, 0.717) is 25.0 Å². The third-order valence-corrected chi connectivity index (χ3v) is 4.38. The molecule has 2 rings (SSSR count). The monoisotopic (exact) mass is 298 g/mol. The van der Waals surface area contributed by atoms with Crippen molar-refractivity contribution in [3.63, 3.8) is 0 Å². The van der Waals surface area contributed by atoms with Crippen LogP contribution < -0.4 is 0 Å². The molecule has 1 aliphatic heterocycles. The van der Waals surface area contributed by atoms with Crippen molar-refractivity contribution in [1.29, 1.82) is 0 Å². The lowest BCUT2D eigenvalue weighted by molar-refractivity contribution is -0.129. The van der Waals surface area contributed by atoms with Gasteiger partial charge in [-0.25, -0.2) is 0 Å². The van der Waals surface area contributed by atoms with E-state index >= 15 is 0 Å². The molecule has 0 fully saturated rings. The van der Waals surface area contributed by atoms with Crippen LogP contribution in [-0.2, 0) is 9.53 Å². The Morgan fingerprint density at radius 3 is 2.71 bits per heavy atom. The zero-order valence-corrected chi connectivity index (χ0v) is 12.6. The van der Waals surface area contributed by atoms with Crippen molar-refractivity contribution in [3.8, 4) is 0 Å². The molecule has 0 aromatic rings. The second kappa shape index (κ2) is 7.38. The van der Waals surface area contributed by atoms with Crippen molar-refractivity contribution in [1.82, 2.24) is 0 Å². The second-order valence-electron chi connectivity index (χ2n) is 6.08. The smallest absolute Gasteiger partial charge is 0.193 e. The molecule has 0 amide bonds. The maximum atomic E-state index is 11.9. The van der Waals surface area contributed by atoms with Crippen LogP contribution in [0.2, 0.25) is 0 Å². The molecule has 5 nitrogen and oxygen atoms in total. The fourth-order valence-electron chi connectivity index (χ4n) is 3.09. The number of Topliss-reactive ketones (excluding diaryl/α,β-unsaturated/α-hetero) is 1. The lowest BCUT2D eigenvalue weighted by Gasteiger charge is -2.36. The summed E-state index contributed by atoms with van der Waals surface area (Å²) in [6.07, 6.45) is 2.92. The van der Waals surface area contributed by atoms with Gasteiger partial charge in [-0.1, -0.05) is 32.6 Å². The van der Waals surface area contributed by atoms with Crippen molar-refractivity contribution in [2.45, 2.75) is 82.7 Å². The summed E-state index contributed by atoms with van der Waals surface area (Å²) >= 11 is 0. The largest absolute Gasteiger partial charge is 0.491 e. The first-order valence-corrected chi connectivity index (χ1v) is 8.02. The highest BCUT2D eigenvalue weighted by Gasteiger charge is 2.40. The van der Waals surface area contributed by atoms with Crippen LogP contribution in [-0.4, -0.2) is 45.5 Å². The van der Waals surface area contributed by atoms with Gasteiger partial charge in [0.2, 0.25) is 0 Å². The number of aliphatic hydroxyl groups excluding tert-OH is 3. The third kappa shape index (κ3) is 3.84. The highest BCUT2D eigenvalue weighted by atomic mass is 16.5. The van der Waals surface area contributed by atoms with Crippen LogP contribution in [0, 0.1) is 0 Å². The highest BCUT2D eigenvalue weighted by molar-refractivity contribution is 6.00. The minimum absolute atomic E-state index is 0.211. The molecule has 0 aromatic carbocycles. The van der Waals surface area contributed by atoms with E-state index in [-0.39, 0.29) is 12.0 Å². The molecule has 120 valence electrons. The summed E-state index contributed by atoms with van der Waals surface area (Å²) in [6.45, 7) is 2.14. The van der Waals surface area contributed by atoms with E-state index in [1.165, 1.54) is 0 Å². The van der Waals surface area contributed by atoms with Crippen LogP contribution in [0.1, 0.15) is 58.3 Å². The Kier molecular flexibility index (Phi) is 5.79. The molecular formula is C16H26O5. The number of unbranched alkanes of at least 4 members (excludes halogenated alkanes) is 3. The van der Waals surface area contributed by atoms with Gasteiger partial charge in [0.05, 0.1) is 17.8 Å². The van der Waals surface area contributed by atoms with Crippen LogP contribution in [0.5, 0.6) is 0 Å². The maximum absolute atomic E-state index is 11.9. The summed E-state index contributed by atoms with van der Waals surface area (Å²) in [5.74, 6) is 0.0290. The highest BCUT2D eigenvalue weighted by Crippen LogP contribution is 2.34. The van der Waals surface area contributed by atoms with E-state index in [0.717, 1.165) is 25.7 Å². The molecule has 5 heteroatoms. The molecule has 0 aromatic heterocycles. The van der Waals surface area contributed by atoms with E-state index in [2.05, 4.69) is 6.92 Å². The molecule has 1 aliphatic carbocycles. The van der Waals surface area contributed by atoms with E-state index in [1.807, 2.05) is 0 Å². The summed E-state index contributed by atoms with van der Waals surface area (Å²) in [4.78, 5) is 11.9. The molecule has 4 unspecified atom stereocenters. The average Bonchev–Trinajstić information content (AvgIpc) is 2.47. The second-order valence-corrected chi connectivity index (χ2v) is 6.08. The van der Waals surface area contributed by atoms with Gasteiger partial charge in [0.15, 0.2) is 5.78 Å². The molecule has 2 aliphatic rings. The molecule has 3 N–H and O–H groups in total. The van der Waals surface area contributed by atoms with Gasteiger partial charge in [-0.15, -0.1) is 0 Å². The SMILES string of the molecule is CCCCCCC(O)C1CC(O)C2=C(CCC(O)C2=O)O1. The normalized spacial score (nSPS) is 30.9. The number of ketones is 1. The third-order valence-electron chi connectivity index (χ3n) is 4.38. The maximum Gasteiger partial charge on any atom is 0.193 e. The van der Waals surface area contributed by atoms with Crippen LogP contribution in [0.25, 0.3) is 0 Å². The molecule has 4 atom stereocenters. The first-order valence-electron chi connectivity index (χ1n) is 8.02. The molecular weight excluding hydrogens is 272 g/mol. The first-order chi connectivity index (χ1) is 10.0. The Balaban J connectivity index is 1.94. The van der Waals surface area contributed by atoms with E-state index < -0.39 is 30.2 Å². The van der Waals surface area contributed by atoms with Crippen LogP contribution in [0.15, 0.2) is 11.3 Å². The van der Waals surface area contributed by atoms with Crippen molar-refractivity contribution < 1.29 is 24.9 Å². The number of hydrogen-bond acceptors (Lipinski definition) is 5. The van der Waals surface area contributed by atoms with Crippen molar-refractivity contribution in [2.24, 2.45) is 0 Å². The Labute approximate surface area is 125 Å². The fourth-order valence-corrected chi connectivity index (χ4v) is 3.09. The topological polar surface area (TPSA) is 87.0 Å². The lowest BCUT2D eigenvalue weighted by Crippen LogP contribution is -2.43. The van der Waals surface area contributed by atoms with Gasteiger partial charge in [0.25, 0.3) is 0 Å². The summed E-state index contributed by atoms with van der Waals surface area (Å²) in [5.41, 5.74) is 0.211. The van der Waals surface area contributed by atoms with Crippen molar-refractivity contribution in [3.05, 3.63) is 11.3 Å². The molecule has 21 heavy (non-hydrogen) atoms. The van der Waals surface area contributed by atoms with Gasteiger partial charge < -0.3 is 20.1 Å². The zero-order valence-electron chi connectivity index (χ0n) is 12.6. The standard InChI is InChI=1S/C16H26O5/c1-2-3-4-5-6-10(17)14-9-12(19)15-13(21-14)8-7-11(18)16(15)20/h10-12,14,17-19H,2-9H2,1H3. The summed E-state index contributed by atoms with van der Waals surface area (Å²) in [6, 6.07) is 0. The predicted octanol–water partition coefficient (Wildman–Crippen LogP) is 1.45. The Morgan fingerprint density at radius 2 is 2.00 bits per heavy atom. The van der Waals surface area contributed by atoms with Gasteiger partial charge >= 0.3 is 0 Å². The van der Waals surface area contributed by atoms with Gasteiger partial charge in [0, 0.05) is 12.8 Å². The van der Waals surface area contributed by atoms with E-state index in [1.54, 1.807) is 0 Å². The Morgan fingerprint density at radius 1 is 1.24 bits per heavy atom. The van der Waals surface area contributed by atoms with Crippen molar-refractivity contribution in [2.75, 3.05) is 0 Å². The van der Waals surface area contributed by atoms with Crippen LogP contribution in [0.4, 0.5) is 0 Å². The van der Waals surface area contributed by atoms with Gasteiger partial charge in [-0.05, 0) is 12.8 Å². The predicted molar refractivity (Wildman–Crippen MR) is 77.5 cm³/mol. The number of ether oxygens (including phenoxy) is 1. The minimum Gasteiger partial charge on any atom is -0.491 e. The van der Waals surface area contributed by atoms with E-state index in [4.69, 9.17) is 4.74 Å². The first kappa shape index (κ1) is 16.5. The zero-order chi connectivity index (χ0) is 15.4. The quantitative estimate of drug-likeness (QED) is 0.646. The molecule has 0 bridgehead atoms. The Bertz CT molecular complexity index is 403. The molecule has 0 saturated carbocycles. The summed E-state index contributed by atoms with van der Waals surface area (Å²) in [7, 11) is 0. The number of aliphatic hydroxyl groups is 3. The number of allylic oxidation sites excluding steroid dienone is 1. The van der Waals surface area contributed by atoms with Gasteiger partial charge in [-0.3, -0.25) is 4.79 Å². The van der Waals surface area contributed by atoms with Gasteiger partial charge in [0.1, 0.15) is 18.0 Å². The molecule has 0 saturated heterocycles. The molecule has 0 spiro atoms. The lowest BCUT2D eigenvalue weighted by atomic mass is 9.85. The van der Waals surface area contributed by atoms with Gasteiger partial charge in [-0.2, -0.15) is 0 Å². The van der Waals surface area contributed by atoms with E-state index in [9.17, 15) is 20.1 Å². The van der Waals surface area contributed by atoms with Crippen molar-refractivity contribution >= 4 is 5.78 Å². The average molecular weight is 298 g/mol.